The molecule has 0 bridgehead atoms. The van der Waals surface area contributed by atoms with E-state index >= 15 is 0 Å². The number of carboxylic acid groups (broad SMARTS) is 1. The van der Waals surface area contributed by atoms with Crippen molar-refractivity contribution in [2.24, 2.45) is 5.92 Å². The Morgan fingerprint density at radius 2 is 1.80 bits per heavy atom. The van der Waals surface area contributed by atoms with Crippen molar-refractivity contribution in [2.75, 3.05) is 6.26 Å². The van der Waals surface area contributed by atoms with E-state index < -0.39 is 27.8 Å². The third-order valence-corrected chi connectivity index (χ3v) is 4.32. The molecule has 0 saturated heterocycles. The highest BCUT2D eigenvalue weighted by Crippen LogP contribution is 2.32. The average Bonchev–Trinajstić information content (AvgIpc) is 3.18. The number of nitrogens with one attached hydrogen (secondary N) is 1. The molecule has 0 aromatic heterocycles. The third-order valence-electron chi connectivity index (χ3n) is 3.19. The molecule has 108 valence electrons. The van der Waals surface area contributed by atoms with Gasteiger partial charge in [-0.1, -0.05) is 0 Å². The van der Waals surface area contributed by atoms with Gasteiger partial charge in [0.05, 0.1) is 4.90 Å². The number of benzene rings is 1. The topological polar surface area (TPSA) is 101 Å². The Morgan fingerprint density at radius 3 is 2.20 bits per heavy atom. The fraction of sp³-hybridized carbons (Fsp3) is 0.385. The molecule has 20 heavy (non-hydrogen) atoms. The van der Waals surface area contributed by atoms with Crippen molar-refractivity contribution in [3.63, 3.8) is 0 Å². The Hall–Kier alpha value is -1.89. The van der Waals surface area contributed by atoms with Crippen molar-refractivity contribution < 1.29 is 23.1 Å². The van der Waals surface area contributed by atoms with Gasteiger partial charge in [-0.25, -0.2) is 13.2 Å². The maximum atomic E-state index is 11.9. The van der Waals surface area contributed by atoms with Gasteiger partial charge in [-0.15, -0.1) is 0 Å². The minimum atomic E-state index is -3.31. The summed E-state index contributed by atoms with van der Waals surface area (Å²) in [5.74, 6) is -1.57. The van der Waals surface area contributed by atoms with Crippen molar-refractivity contribution in [1.29, 1.82) is 0 Å². The molecule has 1 aliphatic rings. The van der Waals surface area contributed by atoms with Crippen LogP contribution in [-0.2, 0) is 14.6 Å². The summed E-state index contributed by atoms with van der Waals surface area (Å²) >= 11 is 0. The number of amides is 1. The van der Waals surface area contributed by atoms with Crippen LogP contribution in [0.5, 0.6) is 0 Å². The van der Waals surface area contributed by atoms with Crippen molar-refractivity contribution in [3.05, 3.63) is 29.8 Å². The summed E-state index contributed by atoms with van der Waals surface area (Å²) in [7, 11) is -3.31. The van der Waals surface area contributed by atoms with E-state index in [0.717, 1.165) is 19.1 Å². The summed E-state index contributed by atoms with van der Waals surface area (Å²) in [4.78, 5) is 23.1. The molecule has 1 atom stereocenters. The minimum Gasteiger partial charge on any atom is -0.480 e. The quantitative estimate of drug-likeness (QED) is 0.832. The molecule has 7 heteroatoms. The van der Waals surface area contributed by atoms with Crippen LogP contribution in [-0.4, -0.2) is 37.7 Å². The van der Waals surface area contributed by atoms with E-state index in [1.54, 1.807) is 0 Å². The Labute approximate surface area is 116 Å². The number of hydrogen-bond acceptors (Lipinski definition) is 4. The van der Waals surface area contributed by atoms with Gasteiger partial charge in [-0.05, 0) is 43.0 Å². The van der Waals surface area contributed by atoms with Gasteiger partial charge in [0, 0.05) is 11.8 Å². The van der Waals surface area contributed by atoms with Gasteiger partial charge in [0.2, 0.25) is 0 Å². The number of carbonyl (C=O) groups is 2. The van der Waals surface area contributed by atoms with Crippen LogP contribution < -0.4 is 5.32 Å². The molecule has 0 heterocycles. The zero-order valence-electron chi connectivity index (χ0n) is 10.9. The summed E-state index contributed by atoms with van der Waals surface area (Å²) in [6, 6.07) is 4.53. The van der Waals surface area contributed by atoms with Gasteiger partial charge in [0.25, 0.3) is 5.91 Å². The monoisotopic (exact) mass is 297 g/mol. The lowest BCUT2D eigenvalue weighted by Gasteiger charge is -2.13. The smallest absolute Gasteiger partial charge is 0.326 e. The predicted molar refractivity (Wildman–Crippen MR) is 71.2 cm³/mol. The summed E-state index contributed by atoms with van der Waals surface area (Å²) in [6.07, 6.45) is 2.67. The maximum absolute atomic E-state index is 11.9. The largest absolute Gasteiger partial charge is 0.480 e. The second kappa shape index (κ2) is 5.24. The Kier molecular flexibility index (Phi) is 3.80. The van der Waals surface area contributed by atoms with Crippen molar-refractivity contribution in [3.8, 4) is 0 Å². The molecule has 2 rings (SSSR count). The van der Waals surface area contributed by atoms with Crippen LogP contribution in [0, 0.1) is 5.92 Å². The molecule has 1 amide bonds. The Bertz CT molecular complexity index is 631. The first-order chi connectivity index (χ1) is 9.29. The van der Waals surface area contributed by atoms with Crippen molar-refractivity contribution in [1.82, 2.24) is 5.32 Å². The standard InChI is InChI=1S/C13H15NO5S/c1-20(18,19)10-6-4-9(5-7-10)12(15)14-11(13(16)17)8-2-3-8/h4-8,11H,2-3H2,1H3,(H,14,15)(H,16,17). The lowest BCUT2D eigenvalue weighted by Crippen LogP contribution is -2.42. The van der Waals surface area contributed by atoms with Gasteiger partial charge < -0.3 is 10.4 Å². The van der Waals surface area contributed by atoms with Crippen LogP contribution in [0.25, 0.3) is 0 Å². The SMILES string of the molecule is CS(=O)(=O)c1ccc(C(=O)NC(C(=O)O)C2CC2)cc1. The van der Waals surface area contributed by atoms with Crippen molar-refractivity contribution >= 4 is 21.7 Å². The van der Waals surface area contributed by atoms with E-state index in [0.29, 0.717) is 0 Å². The summed E-state index contributed by atoms with van der Waals surface area (Å²) < 4.78 is 22.6. The highest BCUT2D eigenvalue weighted by molar-refractivity contribution is 7.90. The van der Waals surface area contributed by atoms with Gasteiger partial charge >= 0.3 is 5.97 Å². The molecule has 6 nitrogen and oxygen atoms in total. The number of rotatable bonds is 5. The first kappa shape index (κ1) is 14.5. The number of aliphatic carboxylic acids is 1. The summed E-state index contributed by atoms with van der Waals surface area (Å²) in [6.45, 7) is 0. The van der Waals surface area contributed by atoms with Gasteiger partial charge in [-0.2, -0.15) is 0 Å². The molecular formula is C13H15NO5S. The van der Waals surface area contributed by atoms with Gasteiger partial charge in [0.15, 0.2) is 9.84 Å². The lowest BCUT2D eigenvalue weighted by molar-refractivity contribution is -0.139. The molecule has 0 radical (unpaired) electrons. The Balaban J connectivity index is 2.11. The van der Waals surface area contributed by atoms with Crippen LogP contribution in [0.4, 0.5) is 0 Å². The van der Waals surface area contributed by atoms with E-state index in [9.17, 15) is 18.0 Å². The third kappa shape index (κ3) is 3.36. The molecule has 0 aliphatic heterocycles. The highest BCUT2D eigenvalue weighted by Gasteiger charge is 2.37. The van der Waals surface area contributed by atoms with Crippen LogP contribution in [0.3, 0.4) is 0 Å². The number of carbonyl (C=O) groups excluding carboxylic acids is 1. The van der Waals surface area contributed by atoms with E-state index in [4.69, 9.17) is 5.11 Å². The van der Waals surface area contributed by atoms with Crippen LogP contribution in [0.1, 0.15) is 23.2 Å². The first-order valence-electron chi connectivity index (χ1n) is 6.13. The van der Waals surface area contributed by atoms with E-state index in [2.05, 4.69) is 5.32 Å². The molecular weight excluding hydrogens is 282 g/mol. The molecule has 1 fully saturated rings. The minimum absolute atomic E-state index is 0.00765. The zero-order chi connectivity index (χ0) is 14.9. The highest BCUT2D eigenvalue weighted by atomic mass is 32.2. The zero-order valence-corrected chi connectivity index (χ0v) is 11.7. The maximum Gasteiger partial charge on any atom is 0.326 e. The molecule has 0 spiro atoms. The first-order valence-corrected chi connectivity index (χ1v) is 8.02. The molecule has 1 aliphatic carbocycles. The number of hydrogen-bond donors (Lipinski definition) is 2. The van der Waals surface area contributed by atoms with Crippen LogP contribution in [0.2, 0.25) is 0 Å². The molecule has 1 aromatic carbocycles. The van der Waals surface area contributed by atoms with Crippen molar-refractivity contribution in [2.45, 2.75) is 23.8 Å². The molecule has 1 aromatic rings. The van der Waals surface area contributed by atoms with Crippen LogP contribution in [0.15, 0.2) is 29.2 Å². The fourth-order valence-corrected chi connectivity index (χ4v) is 2.52. The summed E-state index contributed by atoms with van der Waals surface area (Å²) in [5, 5.41) is 11.5. The van der Waals surface area contributed by atoms with Gasteiger partial charge in [-0.3, -0.25) is 4.79 Å². The number of carboxylic acids is 1. The van der Waals surface area contributed by atoms with E-state index in [1.165, 1.54) is 24.3 Å². The van der Waals surface area contributed by atoms with E-state index in [1.807, 2.05) is 0 Å². The van der Waals surface area contributed by atoms with Crippen LogP contribution >= 0.6 is 0 Å². The fourth-order valence-electron chi connectivity index (χ4n) is 1.89. The Morgan fingerprint density at radius 1 is 1.25 bits per heavy atom. The normalized spacial score (nSPS) is 16.4. The predicted octanol–water partition coefficient (Wildman–Crippen LogP) is 0.683. The number of sulfone groups is 1. The van der Waals surface area contributed by atoms with Gasteiger partial charge in [0.1, 0.15) is 6.04 Å². The van der Waals surface area contributed by atoms with E-state index in [-0.39, 0.29) is 16.4 Å². The second-order valence-corrected chi connectivity index (χ2v) is 6.94. The molecule has 1 unspecified atom stereocenters. The average molecular weight is 297 g/mol. The summed E-state index contributed by atoms with van der Waals surface area (Å²) in [5.41, 5.74) is 0.240. The molecule has 2 N–H and O–H groups in total. The lowest BCUT2D eigenvalue weighted by atomic mass is 10.1. The second-order valence-electron chi connectivity index (χ2n) is 4.92. The molecule has 1 saturated carbocycles.